The predicted molar refractivity (Wildman–Crippen MR) is 74.0 cm³/mol. The predicted octanol–water partition coefficient (Wildman–Crippen LogP) is -6.28. The number of hydrogen-bond acceptors (Lipinski definition) is 0. The van der Waals surface area contributed by atoms with Gasteiger partial charge in [-0.15, -0.1) is 46.4 Å². The molecule has 0 aliphatic carbocycles. The number of hydrogen-bond donors (Lipinski definition) is 2. The van der Waals surface area contributed by atoms with Gasteiger partial charge in [-0.3, -0.25) is 0 Å². The van der Waals surface area contributed by atoms with E-state index < -0.39 is 0 Å². The van der Waals surface area contributed by atoms with Gasteiger partial charge in [0, 0.05) is 0 Å². The van der Waals surface area contributed by atoms with E-state index in [1.54, 1.807) is 0 Å². The molecule has 0 saturated heterocycles. The SMILES string of the molecule is ClCC[NH+](CCCl)CC[NH+](CCCl)CCCl.[Cl-].[Cl-]. The Labute approximate surface area is 143 Å². The van der Waals surface area contributed by atoms with E-state index in [1.807, 2.05) is 0 Å². The molecule has 8 heteroatoms. The quantitative estimate of drug-likeness (QED) is 0.329. The number of rotatable bonds is 11. The molecule has 114 valence electrons. The Balaban J connectivity index is -0.00000112. The zero-order valence-corrected chi connectivity index (χ0v) is 14.9. The van der Waals surface area contributed by atoms with E-state index in [0.29, 0.717) is 23.5 Å². The molecule has 0 fully saturated rings. The van der Waals surface area contributed by atoms with Crippen molar-refractivity contribution in [1.29, 1.82) is 0 Å². The number of nitrogens with one attached hydrogen (secondary N) is 2. The molecule has 0 radical (unpaired) electrons. The molecule has 0 aromatic carbocycles. The van der Waals surface area contributed by atoms with E-state index >= 15 is 0 Å². The Bertz CT molecular complexity index is 124. The van der Waals surface area contributed by atoms with Crippen LogP contribution in [-0.2, 0) is 0 Å². The number of alkyl halides is 4. The lowest BCUT2D eigenvalue weighted by atomic mass is 10.4. The summed E-state index contributed by atoms with van der Waals surface area (Å²) in [6.45, 7) is 6.07. The number of quaternary nitrogens is 2. The second kappa shape index (κ2) is 18.7. The zero-order chi connectivity index (χ0) is 12.2. The van der Waals surface area contributed by atoms with E-state index in [-0.39, 0.29) is 24.8 Å². The van der Waals surface area contributed by atoms with E-state index in [0.717, 1.165) is 39.3 Å². The summed E-state index contributed by atoms with van der Waals surface area (Å²) in [4.78, 5) is 2.93. The molecule has 0 atom stereocenters. The highest BCUT2D eigenvalue weighted by Gasteiger charge is 2.12. The lowest BCUT2D eigenvalue weighted by Gasteiger charge is -2.21. The van der Waals surface area contributed by atoms with Crippen LogP contribution in [0.2, 0.25) is 0 Å². The van der Waals surface area contributed by atoms with E-state index in [1.165, 1.54) is 9.80 Å². The molecule has 0 saturated carbocycles. The van der Waals surface area contributed by atoms with Crippen LogP contribution in [0, 0.1) is 0 Å². The van der Waals surface area contributed by atoms with Crippen LogP contribution in [0.4, 0.5) is 0 Å². The topological polar surface area (TPSA) is 8.88 Å². The molecule has 0 aromatic rings. The van der Waals surface area contributed by atoms with Gasteiger partial charge in [-0.05, 0) is 0 Å². The summed E-state index contributed by atoms with van der Waals surface area (Å²) < 4.78 is 0. The van der Waals surface area contributed by atoms with Gasteiger partial charge in [-0.25, -0.2) is 0 Å². The Hall–Kier alpha value is 1.66. The maximum Gasteiger partial charge on any atom is 0.127 e. The van der Waals surface area contributed by atoms with Crippen molar-refractivity contribution in [2.45, 2.75) is 0 Å². The summed E-state index contributed by atoms with van der Waals surface area (Å²) in [6, 6.07) is 0. The molecule has 0 heterocycles. The van der Waals surface area contributed by atoms with E-state index in [9.17, 15) is 0 Å². The molecular formula is C10H22Cl6N2. The van der Waals surface area contributed by atoms with Crippen molar-refractivity contribution in [3.05, 3.63) is 0 Å². The first-order chi connectivity index (χ1) is 7.78. The summed E-state index contributed by atoms with van der Waals surface area (Å²) in [5.41, 5.74) is 0. The van der Waals surface area contributed by atoms with Gasteiger partial charge in [0.25, 0.3) is 0 Å². The molecule has 0 rings (SSSR count). The fourth-order valence-corrected chi connectivity index (χ4v) is 2.71. The first-order valence-corrected chi connectivity index (χ1v) is 7.83. The lowest BCUT2D eigenvalue weighted by molar-refractivity contribution is -0.953. The lowest BCUT2D eigenvalue weighted by Crippen LogP contribution is -3.21. The highest BCUT2D eigenvalue weighted by molar-refractivity contribution is 6.18. The molecule has 0 amide bonds. The van der Waals surface area contributed by atoms with Gasteiger partial charge < -0.3 is 34.6 Å². The van der Waals surface area contributed by atoms with Crippen molar-refractivity contribution in [3.63, 3.8) is 0 Å². The average molecular weight is 383 g/mol. The molecule has 2 nitrogen and oxygen atoms in total. The summed E-state index contributed by atoms with van der Waals surface area (Å²) >= 11 is 23.0. The molecule has 0 unspecified atom stereocenters. The maximum absolute atomic E-state index is 5.76. The second-order valence-electron chi connectivity index (χ2n) is 3.76. The zero-order valence-electron chi connectivity index (χ0n) is 10.3. The third-order valence-electron chi connectivity index (χ3n) is 2.62. The maximum atomic E-state index is 5.76. The van der Waals surface area contributed by atoms with Crippen LogP contribution in [-0.4, -0.2) is 62.8 Å². The molecule has 2 N–H and O–H groups in total. The van der Waals surface area contributed by atoms with Gasteiger partial charge in [0.1, 0.15) is 13.1 Å². The average Bonchev–Trinajstić information content (AvgIpc) is 2.27. The van der Waals surface area contributed by atoms with Crippen LogP contribution >= 0.6 is 46.4 Å². The first-order valence-electron chi connectivity index (χ1n) is 5.69. The third kappa shape index (κ3) is 14.1. The summed E-state index contributed by atoms with van der Waals surface area (Å²) in [5, 5.41) is 0. The van der Waals surface area contributed by atoms with Crippen LogP contribution in [0.15, 0.2) is 0 Å². The first kappa shape index (κ1) is 24.7. The standard InChI is InChI=1S/C10H20Cl4N2.2ClH/c11-1-5-15(6-2-12)9-10-16(7-3-13)8-4-14;;/h1-10H2;2*1H. The Morgan fingerprint density at radius 3 is 0.833 bits per heavy atom. The summed E-state index contributed by atoms with van der Waals surface area (Å²) in [5.74, 6) is 2.75. The third-order valence-corrected chi connectivity index (χ3v) is 3.38. The highest BCUT2D eigenvalue weighted by atomic mass is 35.5. The fraction of sp³-hybridized carbons (Fsp3) is 1.00. The van der Waals surface area contributed by atoms with E-state index in [2.05, 4.69) is 0 Å². The van der Waals surface area contributed by atoms with Crippen LogP contribution in [0.5, 0.6) is 0 Å². The summed E-state index contributed by atoms with van der Waals surface area (Å²) in [7, 11) is 0. The van der Waals surface area contributed by atoms with Gasteiger partial charge in [0.2, 0.25) is 0 Å². The van der Waals surface area contributed by atoms with Gasteiger partial charge in [0.15, 0.2) is 0 Å². The van der Waals surface area contributed by atoms with Crippen molar-refractivity contribution in [2.75, 3.05) is 62.8 Å². The minimum absolute atomic E-state index is 0. The molecule has 18 heavy (non-hydrogen) atoms. The molecule has 0 aliphatic heterocycles. The van der Waals surface area contributed by atoms with E-state index in [4.69, 9.17) is 46.4 Å². The Kier molecular flexibility index (Phi) is 25.6. The van der Waals surface area contributed by atoms with Crippen molar-refractivity contribution < 1.29 is 34.6 Å². The molecule has 0 bridgehead atoms. The van der Waals surface area contributed by atoms with Crippen LogP contribution < -0.4 is 34.6 Å². The Morgan fingerprint density at radius 2 is 0.667 bits per heavy atom. The summed E-state index contributed by atoms with van der Waals surface area (Å²) in [6.07, 6.45) is 0. The van der Waals surface area contributed by atoms with Crippen molar-refractivity contribution in [2.24, 2.45) is 0 Å². The van der Waals surface area contributed by atoms with Crippen molar-refractivity contribution in [3.8, 4) is 0 Å². The molecule has 0 aliphatic rings. The van der Waals surface area contributed by atoms with Crippen LogP contribution in [0.25, 0.3) is 0 Å². The van der Waals surface area contributed by atoms with Crippen molar-refractivity contribution >= 4 is 46.4 Å². The fourth-order valence-electron chi connectivity index (χ4n) is 1.64. The smallest absolute Gasteiger partial charge is 0.127 e. The van der Waals surface area contributed by atoms with Crippen molar-refractivity contribution in [1.82, 2.24) is 0 Å². The highest BCUT2D eigenvalue weighted by Crippen LogP contribution is 1.71. The van der Waals surface area contributed by atoms with Gasteiger partial charge >= 0.3 is 0 Å². The van der Waals surface area contributed by atoms with Gasteiger partial charge in [0.05, 0.1) is 49.7 Å². The molecule has 0 spiro atoms. The minimum atomic E-state index is 0. The molecular weight excluding hydrogens is 361 g/mol. The monoisotopic (exact) mass is 380 g/mol. The minimum Gasteiger partial charge on any atom is -1.00 e. The number of halogens is 6. The van der Waals surface area contributed by atoms with Crippen LogP contribution in [0.3, 0.4) is 0 Å². The molecule has 0 aromatic heterocycles. The largest absolute Gasteiger partial charge is 1.00 e. The van der Waals surface area contributed by atoms with Crippen LogP contribution in [0.1, 0.15) is 0 Å². The second-order valence-corrected chi connectivity index (χ2v) is 5.27. The normalized spacial score (nSPS) is 10.3. The van der Waals surface area contributed by atoms with Gasteiger partial charge in [-0.2, -0.15) is 0 Å². The Morgan fingerprint density at radius 1 is 0.444 bits per heavy atom. The van der Waals surface area contributed by atoms with Gasteiger partial charge in [-0.1, -0.05) is 0 Å².